The maximum atomic E-state index is 12.9. The van der Waals surface area contributed by atoms with Gasteiger partial charge in [-0.05, 0) is 25.0 Å². The lowest BCUT2D eigenvalue weighted by Crippen LogP contribution is -2.56. The summed E-state index contributed by atoms with van der Waals surface area (Å²) in [6, 6.07) is 5.34. The highest BCUT2D eigenvalue weighted by Crippen LogP contribution is 2.32. The minimum atomic E-state index is -2.51. The van der Waals surface area contributed by atoms with E-state index in [0.29, 0.717) is 55.4 Å². The number of morpholine rings is 1. The van der Waals surface area contributed by atoms with Gasteiger partial charge in [-0.3, -0.25) is 9.59 Å². The van der Waals surface area contributed by atoms with Gasteiger partial charge in [0.2, 0.25) is 0 Å². The number of carbonyl (C=O) groups excluding carboxylic acids is 2. The van der Waals surface area contributed by atoms with Crippen LogP contribution in [0.15, 0.2) is 16.5 Å². The SMILES string of the molecule is CC(=O)N=S1(=O)CCC2(CC1)CN(C(=O)c1ccc(C#N)n1C)CCO2. The monoisotopic (exact) mass is 378 g/mol. The number of hydrogen-bond donors (Lipinski definition) is 0. The lowest BCUT2D eigenvalue weighted by Gasteiger charge is -2.45. The van der Waals surface area contributed by atoms with E-state index in [2.05, 4.69) is 10.4 Å². The van der Waals surface area contributed by atoms with E-state index < -0.39 is 21.2 Å². The Morgan fingerprint density at radius 2 is 2.04 bits per heavy atom. The third-order valence-electron chi connectivity index (χ3n) is 5.04. The number of nitriles is 1. The molecular weight excluding hydrogens is 356 g/mol. The van der Waals surface area contributed by atoms with Gasteiger partial charge < -0.3 is 14.2 Å². The van der Waals surface area contributed by atoms with Crippen molar-refractivity contribution in [3.8, 4) is 6.07 Å². The summed E-state index contributed by atoms with van der Waals surface area (Å²) < 4.78 is 24.0. The minimum Gasteiger partial charge on any atom is -0.371 e. The molecule has 0 unspecified atom stereocenters. The van der Waals surface area contributed by atoms with E-state index >= 15 is 0 Å². The molecule has 9 heteroatoms. The topological polar surface area (TPSA) is 105 Å². The Morgan fingerprint density at radius 1 is 1.35 bits per heavy atom. The summed E-state index contributed by atoms with van der Waals surface area (Å²) in [6.45, 7) is 2.60. The second-order valence-electron chi connectivity index (χ2n) is 6.82. The number of nitrogens with zero attached hydrogens (tertiary/aromatic N) is 4. The molecule has 0 radical (unpaired) electrons. The predicted octanol–water partition coefficient (Wildman–Crippen LogP) is 0.916. The van der Waals surface area contributed by atoms with Gasteiger partial charge in [-0.15, -0.1) is 0 Å². The molecule has 3 heterocycles. The molecule has 1 spiro atoms. The van der Waals surface area contributed by atoms with Crippen molar-refractivity contribution < 1.29 is 18.5 Å². The molecule has 3 rings (SSSR count). The molecule has 0 N–H and O–H groups in total. The van der Waals surface area contributed by atoms with Crippen molar-refractivity contribution in [2.45, 2.75) is 25.4 Å². The average molecular weight is 378 g/mol. The van der Waals surface area contributed by atoms with Crippen molar-refractivity contribution >= 4 is 21.5 Å². The van der Waals surface area contributed by atoms with E-state index in [9.17, 15) is 13.8 Å². The number of aromatic nitrogens is 1. The fraction of sp³-hybridized carbons (Fsp3) is 0.588. The molecule has 0 atom stereocenters. The fourth-order valence-electron chi connectivity index (χ4n) is 3.56. The van der Waals surface area contributed by atoms with Gasteiger partial charge >= 0.3 is 0 Å². The first kappa shape index (κ1) is 18.6. The summed E-state index contributed by atoms with van der Waals surface area (Å²) in [5.41, 5.74) is 0.356. The first-order chi connectivity index (χ1) is 12.3. The van der Waals surface area contributed by atoms with Gasteiger partial charge in [-0.2, -0.15) is 9.62 Å². The molecule has 1 aromatic heterocycles. The maximum absolute atomic E-state index is 12.9. The minimum absolute atomic E-state index is 0.142. The summed E-state index contributed by atoms with van der Waals surface area (Å²) in [6.07, 6.45) is 1.01. The van der Waals surface area contributed by atoms with Crippen LogP contribution in [0.1, 0.15) is 35.9 Å². The van der Waals surface area contributed by atoms with E-state index in [-0.39, 0.29) is 5.91 Å². The van der Waals surface area contributed by atoms with Crippen LogP contribution in [0.4, 0.5) is 0 Å². The summed E-state index contributed by atoms with van der Waals surface area (Å²) >= 11 is 0. The highest BCUT2D eigenvalue weighted by atomic mass is 32.2. The molecular formula is C17H22N4O4S. The third-order valence-corrected chi connectivity index (χ3v) is 7.31. The van der Waals surface area contributed by atoms with Gasteiger partial charge in [0.15, 0.2) is 0 Å². The lowest BCUT2D eigenvalue weighted by molar-refractivity contribution is -0.115. The molecule has 0 aliphatic carbocycles. The van der Waals surface area contributed by atoms with E-state index in [0.717, 1.165) is 0 Å². The number of ether oxygens (including phenoxy) is 1. The van der Waals surface area contributed by atoms with Crippen LogP contribution < -0.4 is 0 Å². The molecule has 2 amide bonds. The molecule has 0 aromatic carbocycles. The van der Waals surface area contributed by atoms with E-state index in [1.807, 2.05) is 0 Å². The van der Waals surface area contributed by atoms with Crippen LogP contribution in [-0.2, 0) is 26.3 Å². The zero-order valence-corrected chi connectivity index (χ0v) is 15.8. The number of rotatable bonds is 1. The van der Waals surface area contributed by atoms with E-state index in [1.165, 1.54) is 6.92 Å². The molecule has 2 aliphatic rings. The Bertz CT molecular complexity index is 890. The van der Waals surface area contributed by atoms with Crippen LogP contribution in [0.2, 0.25) is 0 Å². The Kier molecular flexibility index (Phi) is 4.90. The number of carbonyl (C=O) groups is 2. The average Bonchev–Trinajstić information content (AvgIpc) is 2.98. The van der Waals surface area contributed by atoms with Crippen molar-refractivity contribution in [2.75, 3.05) is 31.2 Å². The third kappa shape index (κ3) is 3.52. The maximum Gasteiger partial charge on any atom is 0.270 e. The second-order valence-corrected chi connectivity index (χ2v) is 9.37. The first-order valence-corrected chi connectivity index (χ1v) is 10.3. The van der Waals surface area contributed by atoms with Gasteiger partial charge in [0.25, 0.3) is 11.8 Å². The molecule has 2 saturated heterocycles. The molecule has 1 aromatic rings. The molecule has 2 fully saturated rings. The van der Waals surface area contributed by atoms with Crippen LogP contribution in [0, 0.1) is 11.3 Å². The predicted molar refractivity (Wildman–Crippen MR) is 94.9 cm³/mol. The van der Waals surface area contributed by atoms with Crippen LogP contribution in [-0.4, -0.2) is 62.3 Å². The first-order valence-electron chi connectivity index (χ1n) is 8.50. The lowest BCUT2D eigenvalue weighted by atomic mass is 9.94. The standard InChI is InChI=1S/C17H22N4O4S/c1-13(22)19-26(24)9-5-17(6-10-26)12-21(7-8-25-17)16(23)15-4-3-14(11-18)20(15)2/h3-4H,5-10,12H2,1-2H3. The smallest absolute Gasteiger partial charge is 0.270 e. The second kappa shape index (κ2) is 6.85. The summed E-state index contributed by atoms with van der Waals surface area (Å²) in [4.78, 5) is 25.8. The summed E-state index contributed by atoms with van der Waals surface area (Å²) in [7, 11) is -0.814. The van der Waals surface area contributed by atoms with Gasteiger partial charge in [0, 0.05) is 32.0 Å². The van der Waals surface area contributed by atoms with Crippen LogP contribution in [0.25, 0.3) is 0 Å². The zero-order valence-electron chi connectivity index (χ0n) is 14.9. The van der Waals surface area contributed by atoms with Crippen molar-refractivity contribution in [1.82, 2.24) is 9.47 Å². The van der Waals surface area contributed by atoms with Crippen LogP contribution in [0.5, 0.6) is 0 Å². The Labute approximate surface area is 152 Å². The number of hydrogen-bond acceptors (Lipinski definition) is 5. The Hall–Kier alpha value is -2.18. The Morgan fingerprint density at radius 3 is 2.62 bits per heavy atom. The van der Waals surface area contributed by atoms with Crippen molar-refractivity contribution in [1.29, 1.82) is 5.26 Å². The number of amides is 2. The van der Waals surface area contributed by atoms with Crippen molar-refractivity contribution in [3.63, 3.8) is 0 Å². The van der Waals surface area contributed by atoms with Crippen molar-refractivity contribution in [3.05, 3.63) is 23.5 Å². The van der Waals surface area contributed by atoms with Crippen LogP contribution >= 0.6 is 0 Å². The van der Waals surface area contributed by atoms with E-state index in [1.54, 1.807) is 28.6 Å². The summed E-state index contributed by atoms with van der Waals surface area (Å²) in [5.74, 6) is 0.0510. The highest BCUT2D eigenvalue weighted by Gasteiger charge is 2.42. The molecule has 0 saturated carbocycles. The van der Waals surface area contributed by atoms with Gasteiger partial charge in [0.05, 0.1) is 28.5 Å². The zero-order chi connectivity index (χ0) is 18.9. The fourth-order valence-corrected chi connectivity index (χ4v) is 5.80. The van der Waals surface area contributed by atoms with Crippen molar-refractivity contribution in [2.24, 2.45) is 11.4 Å². The molecule has 0 bridgehead atoms. The normalized spacial score (nSPS) is 28.6. The molecule has 26 heavy (non-hydrogen) atoms. The molecule has 8 nitrogen and oxygen atoms in total. The van der Waals surface area contributed by atoms with Gasteiger partial charge in [-0.1, -0.05) is 0 Å². The highest BCUT2D eigenvalue weighted by molar-refractivity contribution is 7.93. The molecule has 140 valence electrons. The summed E-state index contributed by atoms with van der Waals surface area (Å²) in [5, 5.41) is 9.06. The van der Waals surface area contributed by atoms with Crippen LogP contribution in [0.3, 0.4) is 0 Å². The quantitative estimate of drug-likeness (QED) is 0.722. The van der Waals surface area contributed by atoms with Gasteiger partial charge in [-0.25, -0.2) is 4.21 Å². The molecule has 2 aliphatic heterocycles. The largest absolute Gasteiger partial charge is 0.371 e. The van der Waals surface area contributed by atoms with Gasteiger partial charge in [0.1, 0.15) is 17.5 Å². The van der Waals surface area contributed by atoms with E-state index in [4.69, 9.17) is 10.00 Å². The Balaban J connectivity index is 1.75.